The van der Waals surface area contributed by atoms with Crippen LogP contribution in [0.1, 0.15) is 30.7 Å². The number of nitrogens with zero attached hydrogens (tertiary/aromatic N) is 1. The van der Waals surface area contributed by atoms with Crippen LogP contribution in [0.2, 0.25) is 0 Å². The lowest BCUT2D eigenvalue weighted by Crippen LogP contribution is -2.01. The van der Waals surface area contributed by atoms with E-state index in [9.17, 15) is 0 Å². The number of rotatable bonds is 2. The minimum absolute atomic E-state index is 0.408. The number of thiazole rings is 1. The van der Waals surface area contributed by atoms with Crippen LogP contribution in [-0.4, -0.2) is 4.98 Å². The molecule has 0 saturated heterocycles. The monoisotopic (exact) mass is 241 g/mol. The second kappa shape index (κ2) is 4.46. The van der Waals surface area contributed by atoms with Crippen molar-refractivity contribution in [3.63, 3.8) is 0 Å². The van der Waals surface area contributed by atoms with Crippen molar-refractivity contribution in [2.45, 2.75) is 25.7 Å². The molecule has 1 heterocycles. The lowest BCUT2D eigenvalue weighted by atomic mass is 9.92. The van der Waals surface area contributed by atoms with Gasteiger partial charge in [0.05, 0.1) is 10.2 Å². The van der Waals surface area contributed by atoms with Crippen molar-refractivity contribution in [3.05, 3.63) is 53.1 Å². The Kier molecular flexibility index (Phi) is 2.81. The van der Waals surface area contributed by atoms with Gasteiger partial charge in [-0.25, -0.2) is 4.98 Å². The number of hydrogen-bond donors (Lipinski definition) is 0. The van der Waals surface area contributed by atoms with Crippen molar-refractivity contribution >= 4 is 21.6 Å². The van der Waals surface area contributed by atoms with E-state index >= 15 is 0 Å². The van der Waals surface area contributed by atoms with Crippen molar-refractivity contribution < 1.29 is 0 Å². The summed E-state index contributed by atoms with van der Waals surface area (Å²) in [6.07, 6.45) is 9.08. The average molecular weight is 241 g/mol. The first-order valence-electron chi connectivity index (χ1n) is 6.09. The van der Waals surface area contributed by atoms with Crippen LogP contribution in [0.3, 0.4) is 0 Å². The maximum Gasteiger partial charge on any atom is 0.105 e. The fourth-order valence-electron chi connectivity index (χ4n) is 2.31. The largest absolute Gasteiger partial charge is 0.240 e. The predicted octanol–water partition coefficient (Wildman–Crippen LogP) is 4.68. The van der Waals surface area contributed by atoms with E-state index in [1.807, 2.05) is 11.3 Å². The predicted molar refractivity (Wildman–Crippen MR) is 74.5 cm³/mol. The van der Waals surface area contributed by atoms with Gasteiger partial charge in [-0.15, -0.1) is 11.3 Å². The zero-order valence-electron chi connectivity index (χ0n) is 9.89. The highest BCUT2D eigenvalue weighted by Gasteiger charge is 2.18. The van der Waals surface area contributed by atoms with E-state index in [0.29, 0.717) is 5.92 Å². The van der Waals surface area contributed by atoms with Crippen LogP contribution in [0.5, 0.6) is 0 Å². The van der Waals surface area contributed by atoms with Crippen LogP contribution in [0, 0.1) is 0 Å². The molecule has 1 aromatic heterocycles. The third kappa shape index (κ3) is 1.93. The zero-order chi connectivity index (χ0) is 11.7. The normalized spacial score (nSPS) is 19.6. The summed E-state index contributed by atoms with van der Waals surface area (Å²) >= 11 is 1.82. The fourth-order valence-corrected chi connectivity index (χ4v) is 3.40. The van der Waals surface area contributed by atoms with Crippen molar-refractivity contribution in [1.29, 1.82) is 0 Å². The summed E-state index contributed by atoms with van der Waals surface area (Å²) in [7, 11) is 0. The summed E-state index contributed by atoms with van der Waals surface area (Å²) < 4.78 is 1.29. The Morgan fingerprint density at radius 1 is 1.35 bits per heavy atom. The van der Waals surface area contributed by atoms with Gasteiger partial charge < -0.3 is 0 Å². The first-order chi connectivity index (χ1) is 8.38. The molecular weight excluding hydrogens is 226 g/mol. The molecular formula is C15H15NS. The van der Waals surface area contributed by atoms with Gasteiger partial charge in [0.25, 0.3) is 0 Å². The number of allylic oxidation sites excluding steroid dienone is 4. The molecule has 0 fully saturated rings. The molecule has 86 valence electrons. The summed E-state index contributed by atoms with van der Waals surface area (Å²) in [6.45, 7) is 2.23. The molecule has 17 heavy (non-hydrogen) atoms. The summed E-state index contributed by atoms with van der Waals surface area (Å²) in [5, 5.41) is 1.23. The third-order valence-electron chi connectivity index (χ3n) is 3.23. The van der Waals surface area contributed by atoms with Gasteiger partial charge >= 0.3 is 0 Å². The maximum atomic E-state index is 4.76. The molecule has 2 heteroatoms. The van der Waals surface area contributed by atoms with E-state index in [-0.39, 0.29) is 0 Å². The molecule has 0 bridgehead atoms. The summed E-state index contributed by atoms with van der Waals surface area (Å²) in [5.41, 5.74) is 2.63. The molecule has 1 unspecified atom stereocenters. The quantitative estimate of drug-likeness (QED) is 0.696. The Morgan fingerprint density at radius 3 is 3.06 bits per heavy atom. The summed E-state index contributed by atoms with van der Waals surface area (Å²) in [4.78, 5) is 4.76. The molecule has 3 rings (SSSR count). The van der Waals surface area contributed by atoms with Crippen molar-refractivity contribution in [2.24, 2.45) is 0 Å². The molecule has 1 nitrogen and oxygen atoms in total. The molecule has 0 amide bonds. The first-order valence-corrected chi connectivity index (χ1v) is 6.91. The molecule has 1 aliphatic rings. The molecule has 0 aliphatic heterocycles. The maximum absolute atomic E-state index is 4.76. The number of benzene rings is 1. The van der Waals surface area contributed by atoms with E-state index < -0.39 is 0 Å². The van der Waals surface area contributed by atoms with Crippen LogP contribution < -0.4 is 0 Å². The zero-order valence-corrected chi connectivity index (χ0v) is 10.7. The first kappa shape index (κ1) is 10.7. The van der Waals surface area contributed by atoms with E-state index in [1.165, 1.54) is 15.3 Å². The molecule has 1 atom stereocenters. The number of aromatic nitrogens is 1. The van der Waals surface area contributed by atoms with Crippen LogP contribution in [0.25, 0.3) is 10.2 Å². The highest BCUT2D eigenvalue weighted by Crippen LogP contribution is 2.35. The Hall–Kier alpha value is -1.41. The van der Waals surface area contributed by atoms with Gasteiger partial charge in [0, 0.05) is 5.92 Å². The molecule has 0 saturated carbocycles. The lowest BCUT2D eigenvalue weighted by Gasteiger charge is -2.16. The van der Waals surface area contributed by atoms with E-state index in [4.69, 9.17) is 4.98 Å². The Labute approximate surface area is 106 Å². The van der Waals surface area contributed by atoms with Gasteiger partial charge in [0.15, 0.2) is 0 Å². The molecule has 0 spiro atoms. The van der Waals surface area contributed by atoms with Crippen molar-refractivity contribution in [3.8, 4) is 0 Å². The highest BCUT2D eigenvalue weighted by molar-refractivity contribution is 7.18. The summed E-state index contributed by atoms with van der Waals surface area (Å²) in [6, 6.07) is 8.38. The van der Waals surface area contributed by atoms with Crippen LogP contribution in [0.15, 0.2) is 48.1 Å². The van der Waals surface area contributed by atoms with Gasteiger partial charge in [0.1, 0.15) is 5.01 Å². The van der Waals surface area contributed by atoms with E-state index in [0.717, 1.165) is 18.4 Å². The Bertz CT molecular complexity index is 559. The molecule has 2 aromatic rings. The SMILES string of the molecule is CCC1=CCC=CC1c1nc2ccccc2s1. The molecule has 0 N–H and O–H groups in total. The summed E-state index contributed by atoms with van der Waals surface area (Å²) in [5.74, 6) is 0.408. The molecule has 0 radical (unpaired) electrons. The second-order valence-electron chi connectivity index (χ2n) is 4.29. The van der Waals surface area contributed by atoms with Crippen LogP contribution in [0.4, 0.5) is 0 Å². The number of hydrogen-bond acceptors (Lipinski definition) is 2. The number of para-hydroxylation sites is 1. The average Bonchev–Trinajstić information content (AvgIpc) is 2.82. The van der Waals surface area contributed by atoms with Crippen molar-refractivity contribution in [2.75, 3.05) is 0 Å². The second-order valence-corrected chi connectivity index (χ2v) is 5.36. The highest BCUT2D eigenvalue weighted by atomic mass is 32.1. The van der Waals surface area contributed by atoms with Gasteiger partial charge in [-0.2, -0.15) is 0 Å². The standard InChI is InChI=1S/C15H15NS/c1-2-11-7-3-4-8-12(11)15-16-13-9-5-6-10-14(13)17-15/h4-10,12H,2-3H2,1H3. The minimum Gasteiger partial charge on any atom is -0.240 e. The van der Waals surface area contributed by atoms with Gasteiger partial charge in [0.2, 0.25) is 0 Å². The molecule has 1 aromatic carbocycles. The van der Waals surface area contributed by atoms with Crippen LogP contribution in [-0.2, 0) is 0 Å². The third-order valence-corrected chi connectivity index (χ3v) is 4.35. The molecule has 1 aliphatic carbocycles. The van der Waals surface area contributed by atoms with E-state index in [2.05, 4.69) is 49.4 Å². The Balaban J connectivity index is 2.05. The fraction of sp³-hybridized carbons (Fsp3) is 0.267. The lowest BCUT2D eigenvalue weighted by molar-refractivity contribution is 0.872. The van der Waals surface area contributed by atoms with Gasteiger partial charge in [-0.05, 0) is 25.0 Å². The van der Waals surface area contributed by atoms with Gasteiger partial charge in [-0.1, -0.05) is 42.9 Å². The van der Waals surface area contributed by atoms with Crippen LogP contribution >= 0.6 is 11.3 Å². The smallest absolute Gasteiger partial charge is 0.105 e. The Morgan fingerprint density at radius 2 is 2.24 bits per heavy atom. The van der Waals surface area contributed by atoms with Gasteiger partial charge in [-0.3, -0.25) is 0 Å². The van der Waals surface area contributed by atoms with E-state index in [1.54, 1.807) is 0 Å². The topological polar surface area (TPSA) is 12.9 Å². The minimum atomic E-state index is 0.408. The van der Waals surface area contributed by atoms with Crippen molar-refractivity contribution in [1.82, 2.24) is 4.98 Å². The number of fused-ring (bicyclic) bond motifs is 1.